The van der Waals surface area contributed by atoms with Crippen molar-refractivity contribution in [2.45, 2.75) is 25.4 Å². The van der Waals surface area contributed by atoms with Gasteiger partial charge in [-0.3, -0.25) is 14.7 Å². The number of pyridine rings is 2. The summed E-state index contributed by atoms with van der Waals surface area (Å²) in [6.45, 7) is 3.45. The number of nitrogens with zero attached hydrogens (tertiary/aromatic N) is 3. The smallest absolute Gasteiger partial charge is 0.417 e. The molecule has 0 saturated carbocycles. The maximum Gasteiger partial charge on any atom is 0.417 e. The first-order chi connectivity index (χ1) is 15.1. The first-order valence-electron chi connectivity index (χ1n) is 9.61. The Balaban J connectivity index is 1.94. The first-order valence-corrected chi connectivity index (χ1v) is 9.61. The number of hydrogen-bond donors (Lipinski definition) is 0. The van der Waals surface area contributed by atoms with E-state index in [-0.39, 0.29) is 5.91 Å². The number of amides is 1. The zero-order valence-electron chi connectivity index (χ0n) is 17.4. The Hall–Kier alpha value is -3.75. The second-order valence-electron chi connectivity index (χ2n) is 7.78. The largest absolute Gasteiger partial charge is 0.465 e. The molecule has 0 aliphatic carbocycles. The van der Waals surface area contributed by atoms with E-state index in [1.54, 1.807) is 38.2 Å². The lowest BCUT2D eigenvalue weighted by Gasteiger charge is -2.20. The van der Waals surface area contributed by atoms with Gasteiger partial charge < -0.3 is 4.74 Å². The van der Waals surface area contributed by atoms with Crippen LogP contribution in [0.1, 0.15) is 35.3 Å². The minimum Gasteiger partial charge on any atom is -0.465 e. The Bertz CT molecular complexity index is 1220. The van der Waals surface area contributed by atoms with Gasteiger partial charge in [0.15, 0.2) is 0 Å². The Kier molecular flexibility index (Phi) is 4.99. The normalized spacial score (nSPS) is 14.9. The van der Waals surface area contributed by atoms with Crippen molar-refractivity contribution < 1.29 is 27.5 Å². The van der Waals surface area contributed by atoms with Gasteiger partial charge in [0.25, 0.3) is 0 Å². The number of hydrogen-bond acceptors (Lipinski definition) is 5. The third kappa shape index (κ3) is 3.30. The molecule has 0 saturated heterocycles. The van der Waals surface area contributed by atoms with Gasteiger partial charge in [0.2, 0.25) is 5.91 Å². The van der Waals surface area contributed by atoms with Crippen LogP contribution < -0.4 is 4.90 Å². The van der Waals surface area contributed by atoms with Gasteiger partial charge in [0.1, 0.15) is 5.82 Å². The SMILES string of the molecule is COC(=O)c1cc(-c2ccnc3c2C(C)(C)C(=O)N3c2cccnc2)ccc1C(F)(F)F. The standard InChI is InChI=1S/C23H18F3N3O3/c1-22(2)18-15(13-6-7-17(23(24,25)26)16(11-13)20(30)32-3)8-10-28-19(18)29(21(22)31)14-5-4-9-27-12-14/h4-12H,1-3H3. The average molecular weight is 441 g/mol. The average Bonchev–Trinajstić information content (AvgIpc) is 2.98. The van der Waals surface area contributed by atoms with Crippen molar-refractivity contribution in [3.8, 4) is 11.1 Å². The number of fused-ring (bicyclic) bond motifs is 1. The fourth-order valence-corrected chi connectivity index (χ4v) is 3.92. The summed E-state index contributed by atoms with van der Waals surface area (Å²) in [4.78, 5) is 35.3. The molecule has 2 aromatic heterocycles. The van der Waals surface area contributed by atoms with Crippen molar-refractivity contribution in [3.05, 3.63) is 71.7 Å². The molecule has 3 aromatic rings. The third-order valence-corrected chi connectivity index (χ3v) is 5.45. The highest BCUT2D eigenvalue weighted by Crippen LogP contribution is 2.48. The molecule has 32 heavy (non-hydrogen) atoms. The van der Waals surface area contributed by atoms with Crippen molar-refractivity contribution in [1.82, 2.24) is 9.97 Å². The highest BCUT2D eigenvalue weighted by Gasteiger charge is 2.47. The zero-order chi connectivity index (χ0) is 23.3. The Morgan fingerprint density at radius 1 is 1.12 bits per heavy atom. The molecule has 0 bridgehead atoms. The number of aromatic nitrogens is 2. The highest BCUT2D eigenvalue weighted by atomic mass is 19.4. The van der Waals surface area contributed by atoms with E-state index >= 15 is 0 Å². The minimum absolute atomic E-state index is 0.249. The van der Waals surface area contributed by atoms with Crippen LogP contribution in [0.5, 0.6) is 0 Å². The zero-order valence-corrected chi connectivity index (χ0v) is 17.4. The fourth-order valence-electron chi connectivity index (χ4n) is 3.92. The van der Waals surface area contributed by atoms with Crippen LogP contribution in [-0.2, 0) is 21.1 Å². The van der Waals surface area contributed by atoms with Crippen LogP contribution in [0.2, 0.25) is 0 Å². The van der Waals surface area contributed by atoms with Gasteiger partial charge in [-0.05, 0) is 55.3 Å². The maximum absolute atomic E-state index is 13.4. The molecule has 1 aliphatic rings. The van der Waals surface area contributed by atoms with Crippen LogP contribution in [0.4, 0.5) is 24.7 Å². The van der Waals surface area contributed by atoms with Gasteiger partial charge in [-0.25, -0.2) is 9.78 Å². The summed E-state index contributed by atoms with van der Waals surface area (Å²) in [5.41, 5.74) is -0.811. The van der Waals surface area contributed by atoms with Crippen molar-refractivity contribution in [3.63, 3.8) is 0 Å². The number of halogens is 3. The van der Waals surface area contributed by atoms with Gasteiger partial charge in [-0.1, -0.05) is 6.07 Å². The quantitative estimate of drug-likeness (QED) is 0.541. The van der Waals surface area contributed by atoms with Gasteiger partial charge in [0, 0.05) is 18.0 Å². The number of methoxy groups -OCH3 is 1. The number of rotatable bonds is 3. The summed E-state index contributed by atoms with van der Waals surface area (Å²) >= 11 is 0. The molecule has 0 N–H and O–H groups in total. The molecule has 0 fully saturated rings. The molecule has 4 rings (SSSR count). The number of ether oxygens (including phenoxy) is 1. The summed E-state index contributed by atoms with van der Waals surface area (Å²) in [5, 5.41) is 0. The molecule has 164 valence electrons. The third-order valence-electron chi connectivity index (χ3n) is 5.45. The van der Waals surface area contributed by atoms with Crippen LogP contribution >= 0.6 is 0 Å². The number of carbonyl (C=O) groups excluding carboxylic acids is 2. The number of anilines is 2. The fraction of sp³-hybridized carbons (Fsp3) is 0.217. The van der Waals surface area contributed by atoms with Gasteiger partial charge in [-0.2, -0.15) is 13.2 Å². The van der Waals surface area contributed by atoms with E-state index < -0.39 is 28.7 Å². The van der Waals surface area contributed by atoms with E-state index in [1.807, 2.05) is 0 Å². The van der Waals surface area contributed by atoms with E-state index in [0.29, 0.717) is 28.2 Å². The maximum atomic E-state index is 13.4. The molecule has 1 aromatic carbocycles. The summed E-state index contributed by atoms with van der Waals surface area (Å²) in [7, 11) is 1.02. The molecule has 6 nitrogen and oxygen atoms in total. The van der Waals surface area contributed by atoms with E-state index in [1.165, 1.54) is 23.4 Å². The van der Waals surface area contributed by atoms with E-state index in [4.69, 9.17) is 0 Å². The summed E-state index contributed by atoms with van der Waals surface area (Å²) in [6, 6.07) is 8.28. The molecule has 0 unspecified atom stereocenters. The summed E-state index contributed by atoms with van der Waals surface area (Å²) in [6.07, 6.45) is -0.141. The van der Waals surface area contributed by atoms with Gasteiger partial charge in [0.05, 0.1) is 35.5 Å². The van der Waals surface area contributed by atoms with Crippen molar-refractivity contribution >= 4 is 23.4 Å². The van der Waals surface area contributed by atoms with Crippen molar-refractivity contribution in [2.24, 2.45) is 0 Å². The molecule has 1 aliphatic heterocycles. The predicted molar refractivity (Wildman–Crippen MR) is 110 cm³/mol. The highest BCUT2D eigenvalue weighted by molar-refractivity contribution is 6.13. The topological polar surface area (TPSA) is 72.4 Å². The van der Waals surface area contributed by atoms with Crippen LogP contribution in [0.3, 0.4) is 0 Å². The molecular formula is C23H18F3N3O3. The summed E-state index contributed by atoms with van der Waals surface area (Å²) in [5.74, 6) is -0.984. The van der Waals surface area contributed by atoms with Crippen LogP contribution in [0, 0.1) is 0 Å². The minimum atomic E-state index is -4.73. The van der Waals surface area contributed by atoms with Crippen LogP contribution in [-0.4, -0.2) is 29.0 Å². The number of alkyl halides is 3. The lowest BCUT2D eigenvalue weighted by molar-refractivity contribution is -0.138. The Labute approximate surface area is 181 Å². The predicted octanol–water partition coefficient (Wildman–Crippen LogP) is 4.90. The molecule has 0 spiro atoms. The van der Waals surface area contributed by atoms with E-state index in [0.717, 1.165) is 19.2 Å². The molecule has 0 atom stereocenters. The number of esters is 1. The summed E-state index contributed by atoms with van der Waals surface area (Å²) < 4.78 is 44.9. The second-order valence-corrected chi connectivity index (χ2v) is 7.78. The van der Waals surface area contributed by atoms with Crippen LogP contribution in [0.25, 0.3) is 11.1 Å². The van der Waals surface area contributed by atoms with Crippen molar-refractivity contribution in [1.29, 1.82) is 0 Å². The molecular weight excluding hydrogens is 423 g/mol. The molecule has 9 heteroatoms. The lowest BCUT2D eigenvalue weighted by Crippen LogP contribution is -2.33. The lowest BCUT2D eigenvalue weighted by atomic mass is 9.82. The van der Waals surface area contributed by atoms with Crippen LogP contribution in [0.15, 0.2) is 55.0 Å². The number of benzene rings is 1. The Morgan fingerprint density at radius 2 is 1.88 bits per heavy atom. The molecule has 0 radical (unpaired) electrons. The van der Waals surface area contributed by atoms with Crippen molar-refractivity contribution in [2.75, 3.05) is 12.0 Å². The van der Waals surface area contributed by atoms with Gasteiger partial charge in [-0.15, -0.1) is 0 Å². The molecule has 3 heterocycles. The van der Waals surface area contributed by atoms with E-state index in [9.17, 15) is 22.8 Å². The second kappa shape index (κ2) is 7.44. The monoisotopic (exact) mass is 441 g/mol. The Morgan fingerprint density at radius 3 is 2.50 bits per heavy atom. The van der Waals surface area contributed by atoms with E-state index in [2.05, 4.69) is 14.7 Å². The molecule has 1 amide bonds. The first kappa shape index (κ1) is 21.5. The van der Waals surface area contributed by atoms with Gasteiger partial charge >= 0.3 is 12.1 Å². The number of carbonyl (C=O) groups is 2.